The summed E-state index contributed by atoms with van der Waals surface area (Å²) < 4.78 is 10.2. The van der Waals surface area contributed by atoms with Gasteiger partial charge in [0.05, 0.1) is 19.3 Å². The maximum Gasteiger partial charge on any atom is 0.360 e. The minimum atomic E-state index is -1.06. The number of rotatable bonds is 10. The molecule has 2 amide bonds. The molecule has 1 aliphatic heterocycles. The van der Waals surface area contributed by atoms with Crippen LogP contribution in [0.25, 0.3) is 0 Å². The highest BCUT2D eigenvalue weighted by Crippen LogP contribution is 2.25. The molecule has 10 heteroatoms. The van der Waals surface area contributed by atoms with Crippen LogP contribution < -0.4 is 10.6 Å². The van der Waals surface area contributed by atoms with E-state index in [4.69, 9.17) is 9.15 Å². The van der Waals surface area contributed by atoms with E-state index in [0.717, 1.165) is 0 Å². The van der Waals surface area contributed by atoms with Crippen LogP contribution in [0.1, 0.15) is 75.6 Å². The standard InChI is InChI=1S/C24H38N4O6/c1-9-24(6,7)27-17(13(2)3)22(31)28-12-10-11-16(28)20(30)25-18(14(4)29)21-26-19(15(5)34-21)23(32)33-8/h9,13-14,16-18,27,29H,1,10-12H2,2-8H3,(H,25,30)/t14-,16+,17+,18+/m1/s1. The zero-order valence-electron chi connectivity index (χ0n) is 21.2. The Labute approximate surface area is 201 Å². The molecule has 4 atom stereocenters. The van der Waals surface area contributed by atoms with Crippen molar-refractivity contribution in [3.05, 3.63) is 30.0 Å². The monoisotopic (exact) mass is 478 g/mol. The van der Waals surface area contributed by atoms with E-state index in [1.165, 1.54) is 14.0 Å². The summed E-state index contributed by atoms with van der Waals surface area (Å²) in [5, 5.41) is 16.4. The molecule has 0 aromatic carbocycles. The summed E-state index contributed by atoms with van der Waals surface area (Å²) in [5.41, 5.74) is -0.481. The van der Waals surface area contributed by atoms with E-state index < -0.39 is 41.6 Å². The molecule has 0 radical (unpaired) electrons. The van der Waals surface area contributed by atoms with Gasteiger partial charge in [-0.25, -0.2) is 9.78 Å². The lowest BCUT2D eigenvalue weighted by molar-refractivity contribution is -0.141. The second-order valence-electron chi connectivity index (χ2n) is 9.66. The number of likely N-dealkylation sites (tertiary alicyclic amines) is 1. The topological polar surface area (TPSA) is 134 Å². The highest BCUT2D eigenvalue weighted by atomic mass is 16.5. The first-order valence-electron chi connectivity index (χ1n) is 11.6. The zero-order valence-corrected chi connectivity index (χ0v) is 21.2. The van der Waals surface area contributed by atoms with Crippen molar-refractivity contribution in [3.8, 4) is 0 Å². The van der Waals surface area contributed by atoms with E-state index >= 15 is 0 Å². The summed E-state index contributed by atoms with van der Waals surface area (Å²) in [6.07, 6.45) is 1.87. The number of carbonyl (C=O) groups excluding carboxylic acids is 3. The van der Waals surface area contributed by atoms with Gasteiger partial charge in [-0.05, 0) is 46.5 Å². The number of esters is 1. The molecule has 3 N–H and O–H groups in total. The molecule has 0 spiro atoms. The third-order valence-electron chi connectivity index (χ3n) is 6.05. The van der Waals surface area contributed by atoms with Gasteiger partial charge in [0.25, 0.3) is 0 Å². The Morgan fingerprint density at radius 1 is 1.32 bits per heavy atom. The van der Waals surface area contributed by atoms with E-state index in [-0.39, 0.29) is 29.2 Å². The van der Waals surface area contributed by atoms with Gasteiger partial charge in [0.2, 0.25) is 17.7 Å². The lowest BCUT2D eigenvalue weighted by Gasteiger charge is -2.35. The molecule has 0 bridgehead atoms. The second-order valence-corrected chi connectivity index (χ2v) is 9.66. The van der Waals surface area contributed by atoms with Gasteiger partial charge in [0, 0.05) is 12.1 Å². The molecular weight excluding hydrogens is 440 g/mol. The average Bonchev–Trinajstić information content (AvgIpc) is 3.41. The number of aromatic nitrogens is 1. The minimum absolute atomic E-state index is 0.00622. The van der Waals surface area contributed by atoms with Crippen LogP contribution in [0, 0.1) is 12.8 Å². The van der Waals surface area contributed by atoms with Crippen LogP contribution in [0.3, 0.4) is 0 Å². The van der Waals surface area contributed by atoms with Gasteiger partial charge in [0.1, 0.15) is 17.8 Å². The van der Waals surface area contributed by atoms with E-state index in [1.54, 1.807) is 17.9 Å². The van der Waals surface area contributed by atoms with Crippen LogP contribution in [0.4, 0.5) is 0 Å². The molecule has 1 saturated heterocycles. The maximum atomic E-state index is 13.5. The predicted octanol–water partition coefficient (Wildman–Crippen LogP) is 1.88. The number of ether oxygens (including phenoxy) is 1. The van der Waals surface area contributed by atoms with Crippen molar-refractivity contribution in [1.82, 2.24) is 20.5 Å². The largest absolute Gasteiger partial charge is 0.464 e. The van der Waals surface area contributed by atoms with Crippen LogP contribution in [-0.4, -0.2) is 70.2 Å². The molecule has 1 aliphatic rings. The van der Waals surface area contributed by atoms with Crippen molar-refractivity contribution in [2.24, 2.45) is 5.92 Å². The quantitative estimate of drug-likeness (QED) is 0.343. The SMILES string of the molecule is C=CC(C)(C)N[C@H](C(=O)N1CCC[C@H]1C(=O)N[C@H](c1nc(C(=O)OC)c(C)o1)[C@@H](C)O)C(C)C. The molecule has 1 fully saturated rings. The van der Waals surface area contributed by atoms with Crippen molar-refractivity contribution in [2.75, 3.05) is 13.7 Å². The Balaban J connectivity index is 2.23. The summed E-state index contributed by atoms with van der Waals surface area (Å²) >= 11 is 0. The van der Waals surface area contributed by atoms with E-state index in [9.17, 15) is 19.5 Å². The molecule has 190 valence electrons. The smallest absolute Gasteiger partial charge is 0.360 e. The fourth-order valence-electron chi connectivity index (χ4n) is 3.93. The number of nitrogens with one attached hydrogen (secondary N) is 2. The van der Waals surface area contributed by atoms with Crippen LogP contribution >= 0.6 is 0 Å². The van der Waals surface area contributed by atoms with Crippen molar-refractivity contribution in [3.63, 3.8) is 0 Å². The Kier molecular flexibility index (Phi) is 9.02. The Hall–Kier alpha value is -2.72. The van der Waals surface area contributed by atoms with Gasteiger partial charge in [-0.3, -0.25) is 14.9 Å². The van der Waals surface area contributed by atoms with Crippen molar-refractivity contribution in [2.45, 2.75) is 84.2 Å². The molecule has 0 aliphatic carbocycles. The van der Waals surface area contributed by atoms with Crippen molar-refractivity contribution >= 4 is 17.8 Å². The number of oxazole rings is 1. The summed E-state index contributed by atoms with van der Waals surface area (Å²) in [5.74, 6) is -1.05. The first kappa shape index (κ1) is 27.5. The molecule has 2 heterocycles. The minimum Gasteiger partial charge on any atom is -0.464 e. The lowest BCUT2D eigenvalue weighted by atomic mass is 9.96. The average molecular weight is 479 g/mol. The maximum absolute atomic E-state index is 13.5. The number of hydrogen-bond donors (Lipinski definition) is 3. The van der Waals surface area contributed by atoms with Crippen molar-refractivity contribution in [1.29, 1.82) is 0 Å². The molecule has 10 nitrogen and oxygen atoms in total. The van der Waals surface area contributed by atoms with Gasteiger partial charge < -0.3 is 24.5 Å². The lowest BCUT2D eigenvalue weighted by Crippen LogP contribution is -2.58. The summed E-state index contributed by atoms with van der Waals surface area (Å²) in [7, 11) is 1.23. The van der Waals surface area contributed by atoms with Gasteiger partial charge in [-0.2, -0.15) is 0 Å². The van der Waals surface area contributed by atoms with Gasteiger partial charge in [0.15, 0.2) is 5.69 Å². The highest BCUT2D eigenvalue weighted by molar-refractivity contribution is 5.91. The molecule has 0 saturated carbocycles. The number of amides is 2. The Bertz CT molecular complexity index is 907. The Morgan fingerprint density at radius 3 is 2.50 bits per heavy atom. The van der Waals surface area contributed by atoms with Crippen LogP contribution in [0.2, 0.25) is 0 Å². The second kappa shape index (κ2) is 11.1. The predicted molar refractivity (Wildman–Crippen MR) is 126 cm³/mol. The van der Waals surface area contributed by atoms with E-state index in [0.29, 0.717) is 19.4 Å². The van der Waals surface area contributed by atoms with E-state index in [1.807, 2.05) is 27.7 Å². The first-order chi connectivity index (χ1) is 15.8. The third-order valence-corrected chi connectivity index (χ3v) is 6.05. The number of aliphatic hydroxyl groups excluding tert-OH is 1. The normalized spacial score (nSPS) is 19.0. The van der Waals surface area contributed by atoms with Crippen molar-refractivity contribution < 1.29 is 28.6 Å². The molecular formula is C24H38N4O6. The first-order valence-corrected chi connectivity index (χ1v) is 11.6. The van der Waals surface area contributed by atoms with Gasteiger partial charge in [-0.1, -0.05) is 19.9 Å². The number of carbonyl (C=O) groups is 3. The number of aliphatic hydroxyl groups is 1. The molecule has 2 rings (SSSR count). The van der Waals surface area contributed by atoms with Crippen LogP contribution in [-0.2, 0) is 14.3 Å². The van der Waals surface area contributed by atoms with E-state index in [2.05, 4.69) is 22.2 Å². The number of nitrogens with zero attached hydrogens (tertiary/aromatic N) is 2. The molecule has 1 aromatic rings. The van der Waals surface area contributed by atoms with Crippen LogP contribution in [0.5, 0.6) is 0 Å². The molecule has 1 aromatic heterocycles. The summed E-state index contributed by atoms with van der Waals surface area (Å²) in [6.45, 7) is 15.1. The van der Waals surface area contributed by atoms with Gasteiger partial charge >= 0.3 is 5.97 Å². The molecule has 34 heavy (non-hydrogen) atoms. The zero-order chi connectivity index (χ0) is 25.8. The number of methoxy groups -OCH3 is 1. The van der Waals surface area contributed by atoms with Crippen LogP contribution in [0.15, 0.2) is 17.1 Å². The van der Waals surface area contributed by atoms with Gasteiger partial charge in [-0.15, -0.1) is 6.58 Å². The fourth-order valence-corrected chi connectivity index (χ4v) is 3.93. The number of aryl methyl sites for hydroxylation is 1. The summed E-state index contributed by atoms with van der Waals surface area (Å²) in [4.78, 5) is 44.3. The third kappa shape index (κ3) is 6.24. The Morgan fingerprint density at radius 2 is 1.97 bits per heavy atom. The summed E-state index contributed by atoms with van der Waals surface area (Å²) in [6, 6.07) is -2.19. The highest BCUT2D eigenvalue weighted by Gasteiger charge is 2.40. The molecule has 0 unspecified atom stereocenters. The fraction of sp³-hybridized carbons (Fsp3) is 0.667. The number of hydrogen-bond acceptors (Lipinski definition) is 8.